The highest BCUT2D eigenvalue weighted by molar-refractivity contribution is 4.79. The molecule has 0 aliphatic carbocycles. The SMILES string of the molecule is C/C=C/CCC(F)(F)CC. The van der Waals surface area contributed by atoms with E-state index in [1.807, 2.05) is 6.92 Å². The maximum Gasteiger partial charge on any atom is 0.248 e. The third kappa shape index (κ3) is 4.48. The Morgan fingerprint density at radius 1 is 1.40 bits per heavy atom. The minimum absolute atomic E-state index is 0.0200. The van der Waals surface area contributed by atoms with Gasteiger partial charge in [0.1, 0.15) is 0 Å². The molecule has 0 amide bonds. The minimum atomic E-state index is -2.46. The molecule has 2 heteroatoms. The highest BCUT2D eigenvalue weighted by atomic mass is 19.3. The normalized spacial score (nSPS) is 12.8. The number of halogens is 2. The van der Waals surface area contributed by atoms with Crippen molar-refractivity contribution in [2.45, 2.75) is 39.0 Å². The van der Waals surface area contributed by atoms with Gasteiger partial charge in [0, 0.05) is 12.8 Å². The first-order chi connectivity index (χ1) is 4.62. The summed E-state index contributed by atoms with van der Waals surface area (Å²) >= 11 is 0. The first kappa shape index (κ1) is 9.60. The van der Waals surface area contributed by atoms with E-state index < -0.39 is 5.92 Å². The predicted octanol–water partition coefficient (Wildman–Crippen LogP) is 3.39. The van der Waals surface area contributed by atoms with Crippen LogP contribution >= 0.6 is 0 Å². The molecule has 0 aromatic carbocycles. The third-order valence-electron chi connectivity index (χ3n) is 1.43. The molecule has 0 aliphatic heterocycles. The topological polar surface area (TPSA) is 0 Å². The summed E-state index contributed by atoms with van der Waals surface area (Å²) in [4.78, 5) is 0. The van der Waals surface area contributed by atoms with Crippen LogP contribution in [0.15, 0.2) is 12.2 Å². The quantitative estimate of drug-likeness (QED) is 0.536. The lowest BCUT2D eigenvalue weighted by Crippen LogP contribution is -2.12. The summed E-state index contributed by atoms with van der Waals surface area (Å²) in [5.41, 5.74) is 0. The summed E-state index contributed by atoms with van der Waals surface area (Å²) in [6.45, 7) is 3.35. The van der Waals surface area contributed by atoms with Crippen LogP contribution in [0.4, 0.5) is 8.78 Å². The Bertz CT molecular complexity index is 106. The highest BCUT2D eigenvalue weighted by Gasteiger charge is 2.24. The lowest BCUT2D eigenvalue weighted by atomic mass is 10.1. The Kier molecular flexibility index (Phi) is 4.24. The lowest BCUT2D eigenvalue weighted by molar-refractivity contribution is -0.0103. The van der Waals surface area contributed by atoms with Crippen LogP contribution in [0.25, 0.3) is 0 Å². The fourth-order valence-electron chi connectivity index (χ4n) is 0.638. The summed E-state index contributed by atoms with van der Waals surface area (Å²) in [5.74, 6) is -2.46. The maximum atomic E-state index is 12.4. The molecule has 0 aromatic rings. The largest absolute Gasteiger partial charge is 0.248 e. The summed E-state index contributed by atoms with van der Waals surface area (Å²) in [7, 11) is 0. The molecule has 0 bridgehead atoms. The van der Waals surface area contributed by atoms with Gasteiger partial charge in [-0.3, -0.25) is 0 Å². The smallest absolute Gasteiger partial charge is 0.207 e. The van der Waals surface area contributed by atoms with Crippen LogP contribution in [0.1, 0.15) is 33.1 Å². The van der Waals surface area contributed by atoms with E-state index in [4.69, 9.17) is 0 Å². The van der Waals surface area contributed by atoms with Crippen LogP contribution < -0.4 is 0 Å². The average Bonchev–Trinajstić information content (AvgIpc) is 1.89. The molecule has 0 fully saturated rings. The zero-order chi connectivity index (χ0) is 8.04. The zero-order valence-electron chi connectivity index (χ0n) is 6.53. The Morgan fingerprint density at radius 3 is 2.40 bits per heavy atom. The van der Waals surface area contributed by atoms with E-state index in [0.717, 1.165) is 0 Å². The second kappa shape index (κ2) is 4.42. The molecule has 0 saturated heterocycles. The van der Waals surface area contributed by atoms with E-state index in [0.29, 0.717) is 6.42 Å². The number of hydrogen-bond acceptors (Lipinski definition) is 0. The molecule has 0 saturated carbocycles. The molecule has 0 aromatic heterocycles. The van der Waals surface area contributed by atoms with Crippen LogP contribution in [-0.2, 0) is 0 Å². The van der Waals surface area contributed by atoms with Crippen molar-refractivity contribution in [3.8, 4) is 0 Å². The molecule has 0 N–H and O–H groups in total. The molecular formula is C8H14F2. The third-order valence-corrected chi connectivity index (χ3v) is 1.43. The summed E-state index contributed by atoms with van der Waals surface area (Å²) in [6.07, 6.45) is 3.98. The van der Waals surface area contributed by atoms with Gasteiger partial charge >= 0.3 is 0 Å². The Hall–Kier alpha value is -0.400. The molecule has 0 radical (unpaired) electrons. The van der Waals surface area contributed by atoms with Crippen LogP contribution in [0.5, 0.6) is 0 Å². The van der Waals surface area contributed by atoms with Gasteiger partial charge < -0.3 is 0 Å². The van der Waals surface area contributed by atoms with Gasteiger partial charge in [0.25, 0.3) is 0 Å². The fourth-order valence-corrected chi connectivity index (χ4v) is 0.638. The fraction of sp³-hybridized carbons (Fsp3) is 0.750. The van der Waals surface area contributed by atoms with Crippen molar-refractivity contribution in [2.24, 2.45) is 0 Å². The molecule has 0 heterocycles. The average molecular weight is 148 g/mol. The first-order valence-electron chi connectivity index (χ1n) is 3.61. The summed E-state index contributed by atoms with van der Waals surface area (Å²) in [6, 6.07) is 0. The number of allylic oxidation sites excluding steroid dienone is 2. The van der Waals surface area contributed by atoms with Gasteiger partial charge in [0.15, 0.2) is 0 Å². The molecule has 0 unspecified atom stereocenters. The Labute approximate surface area is 60.9 Å². The molecular weight excluding hydrogens is 134 g/mol. The molecule has 10 heavy (non-hydrogen) atoms. The molecule has 0 atom stereocenters. The van der Waals surface area contributed by atoms with Crippen molar-refractivity contribution >= 4 is 0 Å². The van der Waals surface area contributed by atoms with Crippen LogP contribution in [-0.4, -0.2) is 5.92 Å². The van der Waals surface area contributed by atoms with Crippen molar-refractivity contribution in [2.75, 3.05) is 0 Å². The Balaban J connectivity index is 3.46. The highest BCUT2D eigenvalue weighted by Crippen LogP contribution is 2.23. The second-order valence-corrected chi connectivity index (χ2v) is 2.32. The number of rotatable bonds is 4. The maximum absolute atomic E-state index is 12.4. The van der Waals surface area contributed by atoms with Crippen molar-refractivity contribution in [1.82, 2.24) is 0 Å². The molecule has 0 rings (SSSR count). The van der Waals surface area contributed by atoms with Crippen LogP contribution in [0.3, 0.4) is 0 Å². The van der Waals surface area contributed by atoms with Crippen LogP contribution in [0, 0.1) is 0 Å². The molecule has 0 spiro atoms. The van der Waals surface area contributed by atoms with Gasteiger partial charge in [0.2, 0.25) is 5.92 Å². The van der Waals surface area contributed by atoms with Crippen molar-refractivity contribution < 1.29 is 8.78 Å². The first-order valence-corrected chi connectivity index (χ1v) is 3.61. The van der Waals surface area contributed by atoms with E-state index in [9.17, 15) is 8.78 Å². The molecule has 60 valence electrons. The van der Waals surface area contributed by atoms with Crippen molar-refractivity contribution in [3.63, 3.8) is 0 Å². The van der Waals surface area contributed by atoms with E-state index in [1.165, 1.54) is 6.92 Å². The summed E-state index contributed by atoms with van der Waals surface area (Å²) in [5, 5.41) is 0. The zero-order valence-corrected chi connectivity index (χ0v) is 6.53. The molecule has 0 aliphatic rings. The molecule has 0 nitrogen and oxygen atoms in total. The number of hydrogen-bond donors (Lipinski definition) is 0. The van der Waals surface area contributed by atoms with Gasteiger partial charge in [-0.05, 0) is 13.3 Å². The number of alkyl halides is 2. The van der Waals surface area contributed by atoms with E-state index in [2.05, 4.69) is 0 Å². The van der Waals surface area contributed by atoms with E-state index >= 15 is 0 Å². The van der Waals surface area contributed by atoms with Gasteiger partial charge in [-0.1, -0.05) is 19.1 Å². The van der Waals surface area contributed by atoms with Gasteiger partial charge in [0.05, 0.1) is 0 Å². The van der Waals surface area contributed by atoms with E-state index in [-0.39, 0.29) is 12.8 Å². The van der Waals surface area contributed by atoms with Gasteiger partial charge in [-0.25, -0.2) is 8.78 Å². The van der Waals surface area contributed by atoms with Gasteiger partial charge in [-0.15, -0.1) is 0 Å². The summed E-state index contributed by atoms with van der Waals surface area (Å²) < 4.78 is 24.9. The Morgan fingerprint density at radius 2 is 2.00 bits per heavy atom. The van der Waals surface area contributed by atoms with E-state index in [1.54, 1.807) is 12.2 Å². The van der Waals surface area contributed by atoms with Crippen LogP contribution in [0.2, 0.25) is 0 Å². The second-order valence-electron chi connectivity index (χ2n) is 2.32. The predicted molar refractivity (Wildman–Crippen MR) is 39.3 cm³/mol. The lowest BCUT2D eigenvalue weighted by Gasteiger charge is -2.11. The standard InChI is InChI=1S/C8H14F2/c1-3-5-6-7-8(9,10)4-2/h3,5H,4,6-7H2,1-2H3/b5-3+. The van der Waals surface area contributed by atoms with Crippen molar-refractivity contribution in [1.29, 1.82) is 0 Å². The van der Waals surface area contributed by atoms with Crippen molar-refractivity contribution in [3.05, 3.63) is 12.2 Å². The minimum Gasteiger partial charge on any atom is -0.207 e. The monoisotopic (exact) mass is 148 g/mol. The van der Waals surface area contributed by atoms with Gasteiger partial charge in [-0.2, -0.15) is 0 Å².